The van der Waals surface area contributed by atoms with E-state index in [4.69, 9.17) is 10.00 Å². The fourth-order valence-electron chi connectivity index (χ4n) is 4.58. The second-order valence-electron chi connectivity index (χ2n) is 9.11. The lowest BCUT2D eigenvalue weighted by molar-refractivity contribution is 0.312. The van der Waals surface area contributed by atoms with Gasteiger partial charge >= 0.3 is 0 Å². The molecule has 1 saturated heterocycles. The number of nitrogens with one attached hydrogen (secondary N) is 1. The molecule has 5 aromatic rings. The summed E-state index contributed by atoms with van der Waals surface area (Å²) >= 11 is 0. The summed E-state index contributed by atoms with van der Waals surface area (Å²) in [7, 11) is 2.15. The number of nitrogens with zero attached hydrogens (tertiary/aromatic N) is 6. The first-order chi connectivity index (χ1) is 18.2. The van der Waals surface area contributed by atoms with Crippen LogP contribution < -0.4 is 15.0 Å². The van der Waals surface area contributed by atoms with E-state index in [1.807, 2.05) is 48.5 Å². The van der Waals surface area contributed by atoms with Crippen LogP contribution in [0.4, 0.5) is 17.3 Å². The van der Waals surface area contributed by atoms with E-state index in [0.717, 1.165) is 65.2 Å². The molecule has 3 heterocycles. The van der Waals surface area contributed by atoms with Gasteiger partial charge in [0.2, 0.25) is 0 Å². The first-order valence-corrected chi connectivity index (χ1v) is 12.2. The number of benzene rings is 3. The summed E-state index contributed by atoms with van der Waals surface area (Å²) in [6.45, 7) is 3.91. The van der Waals surface area contributed by atoms with Crippen LogP contribution in [0.1, 0.15) is 5.56 Å². The molecule has 1 fully saturated rings. The lowest BCUT2D eigenvalue weighted by Crippen LogP contribution is -2.45. The van der Waals surface area contributed by atoms with E-state index in [1.165, 1.54) is 0 Å². The molecule has 1 aliphatic heterocycles. The maximum absolute atomic E-state index is 9.15. The average molecular weight is 488 g/mol. The number of aromatic nitrogens is 3. The molecule has 0 bridgehead atoms. The molecule has 0 saturated carbocycles. The van der Waals surface area contributed by atoms with E-state index in [-0.39, 0.29) is 0 Å². The summed E-state index contributed by atoms with van der Waals surface area (Å²) in [5.74, 6) is 3.04. The normalized spacial score (nSPS) is 14.0. The molecule has 0 atom stereocenters. The molecule has 3 aromatic carbocycles. The molecule has 8 heteroatoms. The monoisotopic (exact) mass is 487 g/mol. The number of pyridine rings is 1. The molecular formula is C29H25N7O. The molecule has 8 nitrogen and oxygen atoms in total. The first kappa shape index (κ1) is 22.7. The molecular weight excluding hydrogens is 462 g/mol. The lowest BCUT2D eigenvalue weighted by atomic mass is 10.1. The Kier molecular flexibility index (Phi) is 5.97. The number of hydrogen-bond donors (Lipinski definition) is 1. The molecule has 1 aliphatic rings. The minimum absolute atomic E-state index is 0.569. The lowest BCUT2D eigenvalue weighted by Gasteiger charge is -2.33. The van der Waals surface area contributed by atoms with Gasteiger partial charge < -0.3 is 19.9 Å². The standard InChI is InChI=1S/C29H25N7O/c1-35-14-16-36(17-15-35)29-24-5-3-2-4-23(24)28(33-34-29)32-21-7-9-22(10-8-21)37-27-12-13-31-26-18-20(19-30)6-11-25(26)27/h2-13,18H,14-17H2,1H3,(H,32,33). The van der Waals surface area contributed by atoms with Crippen LogP contribution in [0.5, 0.6) is 11.5 Å². The van der Waals surface area contributed by atoms with Crippen LogP contribution in [0.3, 0.4) is 0 Å². The largest absolute Gasteiger partial charge is 0.457 e. The number of rotatable bonds is 5. The van der Waals surface area contributed by atoms with Crippen molar-refractivity contribution in [2.24, 2.45) is 0 Å². The predicted octanol–water partition coefficient (Wildman–Crippen LogP) is 5.34. The minimum Gasteiger partial charge on any atom is -0.457 e. The van der Waals surface area contributed by atoms with Crippen LogP contribution in [-0.4, -0.2) is 53.3 Å². The van der Waals surface area contributed by atoms with Crippen molar-refractivity contribution >= 4 is 39.0 Å². The fourth-order valence-corrected chi connectivity index (χ4v) is 4.58. The molecule has 0 spiro atoms. The topological polar surface area (TPSA) is 90.2 Å². The van der Waals surface area contributed by atoms with Gasteiger partial charge in [0.25, 0.3) is 0 Å². The number of ether oxygens (including phenoxy) is 1. The summed E-state index contributed by atoms with van der Waals surface area (Å²) in [4.78, 5) is 9.00. The number of piperazine rings is 1. The molecule has 1 N–H and O–H groups in total. The Morgan fingerprint density at radius 3 is 2.43 bits per heavy atom. The Morgan fingerprint density at radius 1 is 0.865 bits per heavy atom. The van der Waals surface area contributed by atoms with Crippen LogP contribution in [0.25, 0.3) is 21.7 Å². The smallest absolute Gasteiger partial charge is 0.161 e. The second-order valence-corrected chi connectivity index (χ2v) is 9.11. The molecule has 0 unspecified atom stereocenters. The molecule has 37 heavy (non-hydrogen) atoms. The highest BCUT2D eigenvalue weighted by atomic mass is 16.5. The Hall–Kier alpha value is -4.74. The summed E-state index contributed by atoms with van der Waals surface area (Å²) < 4.78 is 6.14. The number of hydrogen-bond acceptors (Lipinski definition) is 8. The highest BCUT2D eigenvalue weighted by molar-refractivity contribution is 5.99. The maximum Gasteiger partial charge on any atom is 0.161 e. The third-order valence-electron chi connectivity index (χ3n) is 6.65. The number of anilines is 3. The molecule has 182 valence electrons. The summed E-state index contributed by atoms with van der Waals surface area (Å²) in [5.41, 5.74) is 2.18. The van der Waals surface area contributed by atoms with Crippen molar-refractivity contribution in [3.8, 4) is 17.6 Å². The quantitative estimate of drug-likeness (QED) is 0.355. The Bertz CT molecular complexity index is 1620. The average Bonchev–Trinajstić information content (AvgIpc) is 2.95. The van der Waals surface area contributed by atoms with Gasteiger partial charge in [0.1, 0.15) is 11.5 Å². The zero-order valence-corrected chi connectivity index (χ0v) is 20.4. The van der Waals surface area contributed by atoms with Crippen molar-refractivity contribution in [2.75, 3.05) is 43.4 Å². The van der Waals surface area contributed by atoms with Crippen molar-refractivity contribution in [1.82, 2.24) is 20.1 Å². The van der Waals surface area contributed by atoms with E-state index >= 15 is 0 Å². The fraction of sp³-hybridized carbons (Fsp3) is 0.172. The molecule has 0 aliphatic carbocycles. The number of nitriles is 1. The van der Waals surface area contributed by atoms with E-state index in [9.17, 15) is 0 Å². The van der Waals surface area contributed by atoms with E-state index in [1.54, 1.807) is 18.3 Å². The number of likely N-dealkylation sites (N-methyl/N-ethyl adjacent to an activating group) is 1. The summed E-state index contributed by atoms with van der Waals surface area (Å²) in [5, 5.41) is 24.7. The van der Waals surface area contributed by atoms with Gasteiger partial charge in [-0.2, -0.15) is 5.26 Å². The second kappa shape index (κ2) is 9.72. The maximum atomic E-state index is 9.15. The van der Waals surface area contributed by atoms with Crippen molar-refractivity contribution in [1.29, 1.82) is 5.26 Å². The zero-order chi connectivity index (χ0) is 25.2. The Labute approximate surface area is 214 Å². The van der Waals surface area contributed by atoms with Crippen molar-refractivity contribution < 1.29 is 4.74 Å². The van der Waals surface area contributed by atoms with Crippen LogP contribution in [0, 0.1) is 11.3 Å². The van der Waals surface area contributed by atoms with E-state index in [0.29, 0.717) is 17.1 Å². The van der Waals surface area contributed by atoms with Gasteiger partial charge in [-0.05, 0) is 55.6 Å². The molecule has 0 amide bonds. The summed E-state index contributed by atoms with van der Waals surface area (Å²) in [6, 6.07) is 25.3. The van der Waals surface area contributed by atoms with Gasteiger partial charge in [-0.15, -0.1) is 10.2 Å². The molecule has 0 radical (unpaired) electrons. The van der Waals surface area contributed by atoms with Gasteiger partial charge in [0.05, 0.1) is 17.1 Å². The van der Waals surface area contributed by atoms with E-state index in [2.05, 4.69) is 55.5 Å². The predicted molar refractivity (Wildman–Crippen MR) is 146 cm³/mol. The highest BCUT2D eigenvalue weighted by Crippen LogP contribution is 2.32. The molecule has 2 aromatic heterocycles. The third-order valence-corrected chi connectivity index (χ3v) is 6.65. The highest BCUT2D eigenvalue weighted by Gasteiger charge is 2.19. The Balaban J connectivity index is 1.23. The zero-order valence-electron chi connectivity index (χ0n) is 20.4. The Morgan fingerprint density at radius 2 is 1.65 bits per heavy atom. The van der Waals surface area contributed by atoms with Gasteiger partial charge in [-0.25, -0.2) is 0 Å². The van der Waals surface area contributed by atoms with Crippen LogP contribution in [-0.2, 0) is 0 Å². The van der Waals surface area contributed by atoms with E-state index < -0.39 is 0 Å². The first-order valence-electron chi connectivity index (χ1n) is 12.2. The minimum atomic E-state index is 0.569. The SMILES string of the molecule is CN1CCN(c2nnc(Nc3ccc(Oc4ccnc5cc(C#N)ccc45)cc3)c3ccccc23)CC1. The van der Waals surface area contributed by atoms with Crippen LogP contribution in [0.2, 0.25) is 0 Å². The number of fused-ring (bicyclic) bond motifs is 2. The van der Waals surface area contributed by atoms with Crippen molar-refractivity contribution in [2.45, 2.75) is 0 Å². The molecule has 6 rings (SSSR count). The summed E-state index contributed by atoms with van der Waals surface area (Å²) in [6.07, 6.45) is 1.68. The van der Waals surface area contributed by atoms with Crippen LogP contribution in [0.15, 0.2) is 79.0 Å². The van der Waals surface area contributed by atoms with Gasteiger partial charge in [-0.3, -0.25) is 4.98 Å². The van der Waals surface area contributed by atoms with Gasteiger partial charge in [0, 0.05) is 54.2 Å². The third kappa shape index (κ3) is 4.60. The van der Waals surface area contributed by atoms with Crippen LogP contribution >= 0.6 is 0 Å². The van der Waals surface area contributed by atoms with Gasteiger partial charge in [0.15, 0.2) is 11.6 Å². The van der Waals surface area contributed by atoms with Gasteiger partial charge in [-0.1, -0.05) is 24.3 Å². The van der Waals surface area contributed by atoms with Crippen molar-refractivity contribution in [3.05, 3.63) is 84.6 Å². The van der Waals surface area contributed by atoms with Crippen molar-refractivity contribution in [3.63, 3.8) is 0 Å².